The smallest absolute Gasteiger partial charge is 0.573 e. The predicted molar refractivity (Wildman–Crippen MR) is 207 cm³/mol. The fraction of sp³-hybridized carbons (Fsp3) is 0.190. The zero-order valence-electron chi connectivity index (χ0n) is 32.5. The van der Waals surface area contributed by atoms with E-state index in [1.165, 1.54) is 0 Å². The minimum atomic E-state index is -4.50. The molecule has 17 heteroatoms. The van der Waals surface area contributed by atoms with Gasteiger partial charge >= 0.3 is 32.1 Å². The second-order valence-corrected chi connectivity index (χ2v) is 13.3. The van der Waals surface area contributed by atoms with Crippen LogP contribution in [0.15, 0.2) is 110 Å². The number of alkyl halides is 6. The number of rotatable bonds is 5. The monoisotopic (exact) mass is 986 g/mol. The fourth-order valence-corrected chi connectivity index (χ4v) is 5.99. The predicted octanol–water partition coefficient (Wildman–Crippen LogP) is 9.62. The number of aryl methyl sites for hydroxylation is 6. The Morgan fingerprint density at radius 1 is 0.492 bits per heavy atom. The van der Waals surface area contributed by atoms with Crippen LogP contribution in [-0.2, 0) is 46.2 Å². The van der Waals surface area contributed by atoms with E-state index >= 15 is 0 Å². The Balaban J connectivity index is 0.000000175. The average Bonchev–Trinajstić information content (AvgIpc) is 4.01. The van der Waals surface area contributed by atoms with Gasteiger partial charge in [-0.25, -0.2) is 9.97 Å². The van der Waals surface area contributed by atoms with Crippen molar-refractivity contribution in [3.05, 3.63) is 144 Å². The summed E-state index contributed by atoms with van der Waals surface area (Å²) in [7, 11) is 3.91. The second-order valence-electron chi connectivity index (χ2n) is 13.3. The number of pyridine rings is 2. The number of nitrogens with zero attached hydrogens (tertiary/aromatic N) is 10. The molecule has 0 fully saturated rings. The van der Waals surface area contributed by atoms with E-state index in [1.807, 2.05) is 112 Å². The van der Waals surface area contributed by atoms with Crippen molar-refractivity contribution < 1.29 is 46.1 Å². The van der Waals surface area contributed by atoms with E-state index in [1.54, 1.807) is 36.9 Å². The maximum absolute atomic E-state index is 12.6. The Hall–Kier alpha value is -6.20. The summed E-state index contributed by atoms with van der Waals surface area (Å²) in [6, 6.07) is 21.0. The molecule has 0 saturated carbocycles. The summed E-state index contributed by atoms with van der Waals surface area (Å²) in [6.07, 6.45) is 1.68. The Bertz CT molecular complexity index is 2470. The van der Waals surface area contributed by atoms with Gasteiger partial charge in [0.2, 0.25) is 0 Å². The SMILES string of the molecule is Cc1ccccc1-c1cnc(-c2cc(C(F)(F)F)n[n-]2)cc1C.Cc1ccccc1-c1cnc(-c2cc(C(F)(F)F)n[n-]2)cc1C.Cn1ccnc1-c1nccn1C.[Os+2]. The Labute approximate surface area is 348 Å². The van der Waals surface area contributed by atoms with Gasteiger partial charge in [-0.15, -0.1) is 0 Å². The first-order chi connectivity index (χ1) is 27.5. The maximum atomic E-state index is 12.6. The zero-order valence-corrected chi connectivity index (χ0v) is 35.0. The molecule has 59 heavy (non-hydrogen) atoms. The van der Waals surface area contributed by atoms with Crippen LogP contribution in [0.3, 0.4) is 0 Å². The molecular weight excluding hydrogens is 949 g/mol. The van der Waals surface area contributed by atoms with Crippen LogP contribution in [0.5, 0.6) is 0 Å². The van der Waals surface area contributed by atoms with Crippen molar-refractivity contribution in [2.24, 2.45) is 14.1 Å². The van der Waals surface area contributed by atoms with Crippen molar-refractivity contribution in [1.29, 1.82) is 0 Å². The number of halogens is 6. The van der Waals surface area contributed by atoms with Crippen LogP contribution in [0.2, 0.25) is 0 Å². The normalized spacial score (nSPS) is 11.3. The molecule has 0 N–H and O–H groups in total. The van der Waals surface area contributed by atoms with Crippen molar-refractivity contribution >= 4 is 0 Å². The van der Waals surface area contributed by atoms with Gasteiger partial charge in [-0.3, -0.25) is 9.97 Å². The Kier molecular flexibility index (Phi) is 13.5. The Morgan fingerprint density at radius 2 is 0.864 bits per heavy atom. The number of imidazole rings is 2. The van der Waals surface area contributed by atoms with Gasteiger partial charge in [0, 0.05) is 73.8 Å². The largest absolute Gasteiger partial charge is 2.00 e. The topological polar surface area (TPSA) is 115 Å². The molecule has 0 spiro atoms. The van der Waals surface area contributed by atoms with Crippen LogP contribution < -0.4 is 10.2 Å². The van der Waals surface area contributed by atoms with E-state index in [4.69, 9.17) is 0 Å². The molecule has 304 valence electrons. The van der Waals surface area contributed by atoms with Gasteiger partial charge in [-0.1, -0.05) is 59.9 Å². The van der Waals surface area contributed by atoms with E-state index < -0.39 is 23.7 Å². The molecule has 0 aliphatic carbocycles. The molecule has 0 amide bonds. The van der Waals surface area contributed by atoms with E-state index in [0.29, 0.717) is 11.4 Å². The van der Waals surface area contributed by atoms with Gasteiger partial charge in [0.25, 0.3) is 0 Å². The summed E-state index contributed by atoms with van der Waals surface area (Å²) in [4.78, 5) is 16.9. The minimum absolute atomic E-state index is 0. The first-order valence-corrected chi connectivity index (χ1v) is 17.7. The zero-order chi connectivity index (χ0) is 41.8. The first-order valence-electron chi connectivity index (χ1n) is 17.7. The summed E-state index contributed by atoms with van der Waals surface area (Å²) in [5, 5.41) is 13.5. The molecule has 0 atom stereocenters. The fourth-order valence-electron chi connectivity index (χ4n) is 5.99. The van der Waals surface area contributed by atoms with E-state index in [-0.39, 0.29) is 31.2 Å². The molecule has 6 aromatic heterocycles. The van der Waals surface area contributed by atoms with Gasteiger partial charge < -0.3 is 29.5 Å². The molecule has 0 unspecified atom stereocenters. The first kappa shape index (κ1) is 43.9. The van der Waals surface area contributed by atoms with Crippen LogP contribution in [0.25, 0.3) is 56.7 Å². The molecule has 0 aliphatic rings. The van der Waals surface area contributed by atoms with Gasteiger partial charge in [0.1, 0.15) is 11.4 Å². The molecule has 0 radical (unpaired) electrons. The average molecular weight is 985 g/mol. The van der Waals surface area contributed by atoms with Crippen molar-refractivity contribution in [2.75, 3.05) is 0 Å². The molecule has 0 saturated heterocycles. The number of benzene rings is 2. The van der Waals surface area contributed by atoms with E-state index in [2.05, 4.69) is 40.3 Å². The maximum Gasteiger partial charge on any atom is 2.00 e. The van der Waals surface area contributed by atoms with Crippen LogP contribution in [0.4, 0.5) is 26.3 Å². The molecular formula is C42H36F6N10Os. The second kappa shape index (κ2) is 18.2. The minimum Gasteiger partial charge on any atom is -0.573 e. The summed E-state index contributed by atoms with van der Waals surface area (Å²) in [5.74, 6) is 1.78. The van der Waals surface area contributed by atoms with Gasteiger partial charge in [-0.05, 0) is 85.3 Å². The molecule has 2 aromatic carbocycles. The molecule has 10 nitrogen and oxygen atoms in total. The van der Waals surface area contributed by atoms with Gasteiger partial charge in [0.15, 0.2) is 11.6 Å². The van der Waals surface area contributed by atoms with Gasteiger partial charge in [-0.2, -0.15) is 26.3 Å². The van der Waals surface area contributed by atoms with Crippen molar-refractivity contribution in [1.82, 2.24) is 49.5 Å². The third-order valence-corrected chi connectivity index (χ3v) is 9.12. The number of hydrogen-bond acceptors (Lipinski definition) is 6. The van der Waals surface area contributed by atoms with E-state index in [9.17, 15) is 26.3 Å². The third kappa shape index (κ3) is 10.3. The summed E-state index contributed by atoms with van der Waals surface area (Å²) < 4.78 is 79.5. The molecule has 8 rings (SSSR count). The number of hydrogen-bond donors (Lipinski definition) is 0. The van der Waals surface area contributed by atoms with Crippen molar-refractivity contribution in [3.8, 4) is 56.7 Å². The molecule has 0 bridgehead atoms. The molecule has 6 heterocycles. The van der Waals surface area contributed by atoms with Crippen molar-refractivity contribution in [3.63, 3.8) is 0 Å². The van der Waals surface area contributed by atoms with Crippen LogP contribution in [-0.4, -0.2) is 39.3 Å². The molecule has 8 aromatic rings. The number of aromatic nitrogens is 10. The summed E-state index contributed by atoms with van der Waals surface area (Å²) >= 11 is 0. The Morgan fingerprint density at radius 3 is 1.15 bits per heavy atom. The van der Waals surface area contributed by atoms with Crippen LogP contribution in [0, 0.1) is 27.7 Å². The quantitative estimate of drug-likeness (QED) is 0.157. The van der Waals surface area contributed by atoms with Gasteiger partial charge in [0.05, 0.1) is 0 Å². The molecule has 0 aliphatic heterocycles. The van der Waals surface area contributed by atoms with E-state index in [0.717, 1.165) is 68.3 Å². The van der Waals surface area contributed by atoms with Crippen LogP contribution in [0.1, 0.15) is 33.6 Å². The summed E-state index contributed by atoms with van der Waals surface area (Å²) in [5.41, 5.74) is 7.04. The standard InChI is InChI=1S/2C17H13F3N3.C8H10N4.Os/c2*1-10-5-3-4-6-12(10)13-9-21-14(7-11(13)2)15-8-16(23-22-15)17(18,19)20;1-11-5-3-9-7(11)8-10-4-6-12(8)2;/h2*3-9H,1-2H3;3-6H,1-2H3;/q2*-1;;+2. The summed E-state index contributed by atoms with van der Waals surface area (Å²) in [6.45, 7) is 7.80. The van der Waals surface area contributed by atoms with Crippen molar-refractivity contribution in [2.45, 2.75) is 40.0 Å². The van der Waals surface area contributed by atoms with Crippen LogP contribution >= 0.6 is 0 Å². The third-order valence-electron chi connectivity index (χ3n) is 9.12.